The number of rotatable bonds is 3. The maximum Gasteiger partial charge on any atom is 0.178 e. The topological polar surface area (TPSA) is 43.1 Å². The van der Waals surface area contributed by atoms with E-state index in [9.17, 15) is 4.79 Å². The molecule has 0 N–H and O–H groups in total. The third-order valence-electron chi connectivity index (χ3n) is 1.65. The second kappa shape index (κ2) is 3.53. The largest absolute Gasteiger partial charge is 0.472 e. The van der Waals surface area contributed by atoms with Gasteiger partial charge in [0.25, 0.3) is 0 Å². The first-order valence-corrected chi connectivity index (χ1v) is 4.67. The average molecular weight is 193 g/mol. The summed E-state index contributed by atoms with van der Waals surface area (Å²) in [5, 5.41) is 0. The molecule has 13 heavy (non-hydrogen) atoms. The number of carbonyl (C=O) groups is 1. The minimum atomic E-state index is 0.0869. The Morgan fingerprint density at radius 1 is 1.62 bits per heavy atom. The van der Waals surface area contributed by atoms with Crippen molar-refractivity contribution in [2.75, 3.05) is 0 Å². The number of hydrogen-bond donors (Lipinski definition) is 0. The minimum Gasteiger partial charge on any atom is -0.472 e. The Labute approximate surface area is 79.0 Å². The van der Waals surface area contributed by atoms with E-state index < -0.39 is 0 Å². The molecular weight excluding hydrogens is 186 g/mol. The molecule has 2 heterocycles. The van der Waals surface area contributed by atoms with Crippen LogP contribution >= 0.6 is 11.3 Å². The Morgan fingerprint density at radius 2 is 2.54 bits per heavy atom. The first kappa shape index (κ1) is 8.19. The van der Waals surface area contributed by atoms with Gasteiger partial charge in [-0.3, -0.25) is 9.78 Å². The molecule has 3 nitrogen and oxygen atoms in total. The Kier molecular flexibility index (Phi) is 2.23. The van der Waals surface area contributed by atoms with E-state index in [1.54, 1.807) is 30.3 Å². The van der Waals surface area contributed by atoms with E-state index >= 15 is 0 Å². The molecule has 0 aromatic carbocycles. The first-order chi connectivity index (χ1) is 6.36. The van der Waals surface area contributed by atoms with E-state index in [0.29, 0.717) is 11.3 Å². The van der Waals surface area contributed by atoms with Crippen LogP contribution in [0.1, 0.15) is 15.2 Å². The van der Waals surface area contributed by atoms with Gasteiger partial charge < -0.3 is 4.42 Å². The fourth-order valence-electron chi connectivity index (χ4n) is 1.02. The van der Waals surface area contributed by atoms with Crippen molar-refractivity contribution in [2.24, 2.45) is 0 Å². The summed E-state index contributed by atoms with van der Waals surface area (Å²) < 4.78 is 4.87. The van der Waals surface area contributed by atoms with E-state index in [2.05, 4.69) is 4.98 Å². The van der Waals surface area contributed by atoms with E-state index in [-0.39, 0.29) is 5.78 Å². The molecule has 0 unspecified atom stereocenters. The highest BCUT2D eigenvalue weighted by Gasteiger charge is 2.08. The van der Waals surface area contributed by atoms with E-state index in [4.69, 9.17) is 4.42 Å². The van der Waals surface area contributed by atoms with Crippen molar-refractivity contribution in [1.82, 2.24) is 4.98 Å². The molecule has 2 rings (SSSR count). The van der Waals surface area contributed by atoms with Crippen LogP contribution in [0.4, 0.5) is 0 Å². The predicted molar refractivity (Wildman–Crippen MR) is 48.9 cm³/mol. The molecular formula is C9H7NO2S. The highest BCUT2D eigenvalue weighted by Crippen LogP contribution is 2.11. The van der Waals surface area contributed by atoms with Gasteiger partial charge in [0.05, 0.1) is 22.9 Å². The number of Topliss-reactive ketones (excluding diaryl/α,β-unsaturated/α-hetero) is 1. The van der Waals surface area contributed by atoms with Crippen molar-refractivity contribution in [3.63, 3.8) is 0 Å². The number of ketones is 1. The van der Waals surface area contributed by atoms with Crippen molar-refractivity contribution >= 4 is 17.1 Å². The summed E-state index contributed by atoms with van der Waals surface area (Å²) in [7, 11) is 0. The van der Waals surface area contributed by atoms with Gasteiger partial charge >= 0.3 is 0 Å². The quantitative estimate of drug-likeness (QED) is 0.701. The van der Waals surface area contributed by atoms with Crippen LogP contribution in [0, 0.1) is 0 Å². The lowest BCUT2D eigenvalue weighted by Gasteiger charge is -1.91. The van der Waals surface area contributed by atoms with Gasteiger partial charge in [0.2, 0.25) is 0 Å². The summed E-state index contributed by atoms with van der Waals surface area (Å²) >= 11 is 1.36. The van der Waals surface area contributed by atoms with Crippen molar-refractivity contribution < 1.29 is 9.21 Å². The molecule has 2 aromatic heterocycles. The molecule has 0 fully saturated rings. The average Bonchev–Trinajstić information content (AvgIpc) is 2.74. The fraction of sp³-hybridized carbons (Fsp3) is 0.111. The number of hydrogen-bond acceptors (Lipinski definition) is 4. The molecule has 0 atom stereocenters. The molecule has 0 saturated carbocycles. The van der Waals surface area contributed by atoms with Crippen molar-refractivity contribution in [3.8, 4) is 0 Å². The zero-order valence-corrected chi connectivity index (χ0v) is 7.58. The maximum atomic E-state index is 11.5. The van der Waals surface area contributed by atoms with Crippen LogP contribution in [-0.4, -0.2) is 10.8 Å². The van der Waals surface area contributed by atoms with Crippen molar-refractivity contribution in [3.05, 3.63) is 40.7 Å². The standard InChI is InChI=1S/C9H7NO2S/c11-8(9-4-10-6-13-9)3-7-1-2-12-5-7/h1-2,4-6H,3H2. The van der Waals surface area contributed by atoms with Crippen LogP contribution in [0.3, 0.4) is 0 Å². The zero-order valence-electron chi connectivity index (χ0n) is 6.77. The summed E-state index contributed by atoms with van der Waals surface area (Å²) in [6, 6.07) is 1.79. The Balaban J connectivity index is 2.08. The predicted octanol–water partition coefficient (Wildman–Crippen LogP) is 2.16. The Bertz CT molecular complexity index is 378. The lowest BCUT2D eigenvalue weighted by Crippen LogP contribution is -1.99. The third kappa shape index (κ3) is 1.84. The smallest absolute Gasteiger partial charge is 0.178 e. The van der Waals surface area contributed by atoms with E-state index in [1.807, 2.05) is 0 Å². The number of nitrogens with zero attached hydrogens (tertiary/aromatic N) is 1. The maximum absolute atomic E-state index is 11.5. The van der Waals surface area contributed by atoms with Crippen LogP contribution in [0.25, 0.3) is 0 Å². The normalized spacial score (nSPS) is 10.2. The summed E-state index contributed by atoms with van der Waals surface area (Å²) in [6.45, 7) is 0. The van der Waals surface area contributed by atoms with Gasteiger partial charge in [-0.2, -0.15) is 0 Å². The molecule has 0 aliphatic heterocycles. The molecule has 0 bridgehead atoms. The minimum absolute atomic E-state index is 0.0869. The summed E-state index contributed by atoms with van der Waals surface area (Å²) in [5.74, 6) is 0.0869. The van der Waals surface area contributed by atoms with Crippen molar-refractivity contribution in [2.45, 2.75) is 6.42 Å². The molecule has 0 radical (unpaired) electrons. The van der Waals surface area contributed by atoms with Gasteiger partial charge in [0.1, 0.15) is 0 Å². The summed E-state index contributed by atoms with van der Waals surface area (Å²) in [5.41, 5.74) is 2.56. The van der Waals surface area contributed by atoms with Crippen LogP contribution < -0.4 is 0 Å². The number of thiazole rings is 1. The summed E-state index contributed by atoms with van der Waals surface area (Å²) in [6.07, 6.45) is 5.12. The van der Waals surface area contributed by atoms with Gasteiger partial charge in [0.15, 0.2) is 5.78 Å². The Morgan fingerprint density at radius 3 is 3.15 bits per heavy atom. The summed E-state index contributed by atoms with van der Waals surface area (Å²) in [4.78, 5) is 16.0. The molecule has 2 aromatic rings. The van der Waals surface area contributed by atoms with Gasteiger partial charge in [-0.05, 0) is 11.6 Å². The highest BCUT2D eigenvalue weighted by atomic mass is 32.1. The van der Waals surface area contributed by atoms with Gasteiger partial charge in [0, 0.05) is 12.6 Å². The lowest BCUT2D eigenvalue weighted by molar-refractivity contribution is 0.0996. The Hall–Kier alpha value is -1.42. The molecule has 0 spiro atoms. The SMILES string of the molecule is O=C(Cc1ccoc1)c1cncs1. The number of furan rings is 1. The molecule has 0 aliphatic rings. The number of aromatic nitrogens is 1. The van der Waals surface area contributed by atoms with Crippen LogP contribution in [-0.2, 0) is 6.42 Å². The van der Waals surface area contributed by atoms with Crippen LogP contribution in [0.2, 0.25) is 0 Å². The van der Waals surface area contributed by atoms with Gasteiger partial charge in [-0.1, -0.05) is 0 Å². The van der Waals surface area contributed by atoms with Crippen LogP contribution in [0.5, 0.6) is 0 Å². The van der Waals surface area contributed by atoms with Crippen molar-refractivity contribution in [1.29, 1.82) is 0 Å². The molecule has 0 aliphatic carbocycles. The van der Waals surface area contributed by atoms with Gasteiger partial charge in [-0.15, -0.1) is 11.3 Å². The molecule has 0 saturated heterocycles. The third-order valence-corrected chi connectivity index (χ3v) is 2.47. The van der Waals surface area contributed by atoms with Gasteiger partial charge in [-0.25, -0.2) is 0 Å². The molecule has 4 heteroatoms. The molecule has 66 valence electrons. The molecule has 0 amide bonds. The zero-order chi connectivity index (χ0) is 9.10. The fourth-order valence-corrected chi connectivity index (χ4v) is 1.58. The first-order valence-electron chi connectivity index (χ1n) is 3.79. The second-order valence-electron chi connectivity index (χ2n) is 2.60. The van der Waals surface area contributed by atoms with E-state index in [0.717, 1.165) is 5.56 Å². The van der Waals surface area contributed by atoms with E-state index in [1.165, 1.54) is 11.3 Å². The monoisotopic (exact) mass is 193 g/mol. The lowest BCUT2D eigenvalue weighted by atomic mass is 10.1. The highest BCUT2D eigenvalue weighted by molar-refractivity contribution is 7.11. The van der Waals surface area contributed by atoms with Crippen LogP contribution in [0.15, 0.2) is 34.7 Å². The second-order valence-corrected chi connectivity index (χ2v) is 3.48. The number of carbonyl (C=O) groups excluding carboxylic acids is 1.